The first-order valence-corrected chi connectivity index (χ1v) is 16.7. The van der Waals surface area contributed by atoms with Crippen molar-refractivity contribution in [2.24, 2.45) is 23.7 Å². The van der Waals surface area contributed by atoms with Gasteiger partial charge in [0.25, 0.3) is 5.91 Å². The van der Waals surface area contributed by atoms with Crippen LogP contribution in [0.25, 0.3) is 0 Å². The van der Waals surface area contributed by atoms with Gasteiger partial charge in [-0.25, -0.2) is 13.1 Å². The van der Waals surface area contributed by atoms with Crippen molar-refractivity contribution in [3.05, 3.63) is 70.3 Å². The van der Waals surface area contributed by atoms with E-state index >= 15 is 0 Å². The van der Waals surface area contributed by atoms with E-state index < -0.39 is 21.2 Å². The smallest absolute Gasteiger partial charge is 0.264 e. The highest BCUT2D eigenvalue weighted by atomic mass is 35.5. The van der Waals surface area contributed by atoms with Crippen molar-refractivity contribution in [2.75, 3.05) is 24.6 Å². The summed E-state index contributed by atoms with van der Waals surface area (Å²) in [6.07, 6.45) is 9.58. The molecule has 2 aromatic carbocycles. The Labute approximate surface area is 249 Å². The summed E-state index contributed by atoms with van der Waals surface area (Å²) in [6, 6.07) is 11.1. The zero-order chi connectivity index (χ0) is 29.1. The number of hydrogen-bond acceptors (Lipinski definition) is 6. The molecule has 2 unspecified atom stereocenters. The van der Waals surface area contributed by atoms with E-state index in [1.54, 1.807) is 25.1 Å². The van der Waals surface area contributed by atoms with Crippen molar-refractivity contribution >= 4 is 33.2 Å². The molecule has 7 nitrogen and oxygen atoms in total. The first kappa shape index (κ1) is 29.9. The van der Waals surface area contributed by atoms with Gasteiger partial charge in [-0.1, -0.05) is 36.7 Å². The molecule has 1 fully saturated rings. The maximum absolute atomic E-state index is 13.3. The largest absolute Gasteiger partial charge is 0.487 e. The summed E-state index contributed by atoms with van der Waals surface area (Å²) < 4.78 is 35.0. The third-order valence-electron chi connectivity index (χ3n) is 9.35. The van der Waals surface area contributed by atoms with Crippen LogP contribution in [0.4, 0.5) is 5.69 Å². The predicted octanol–water partition coefficient (Wildman–Crippen LogP) is 5.74. The Morgan fingerprint density at radius 3 is 2.68 bits per heavy atom. The summed E-state index contributed by atoms with van der Waals surface area (Å²) in [5, 5.41) is 10.2. The van der Waals surface area contributed by atoms with E-state index in [2.05, 4.69) is 15.7 Å². The van der Waals surface area contributed by atoms with Crippen molar-refractivity contribution in [3.8, 4) is 5.75 Å². The lowest BCUT2D eigenvalue weighted by Gasteiger charge is -2.44. The molecule has 41 heavy (non-hydrogen) atoms. The van der Waals surface area contributed by atoms with E-state index in [1.165, 1.54) is 5.56 Å². The second kappa shape index (κ2) is 12.8. The van der Waals surface area contributed by atoms with Gasteiger partial charge in [0, 0.05) is 36.2 Å². The van der Waals surface area contributed by atoms with Crippen LogP contribution in [0.15, 0.2) is 48.6 Å². The molecule has 1 saturated carbocycles. The van der Waals surface area contributed by atoms with E-state index in [0.717, 1.165) is 56.4 Å². The second-order valence-electron chi connectivity index (χ2n) is 12.0. The first-order valence-electron chi connectivity index (χ1n) is 14.8. The summed E-state index contributed by atoms with van der Waals surface area (Å²) in [5.41, 5.74) is 3.34. The Kier molecular flexibility index (Phi) is 9.31. The molecule has 2 aliphatic heterocycles. The molecule has 222 valence electrons. The number of amides is 1. The normalized spacial score (nSPS) is 29.4. The lowest BCUT2D eigenvalue weighted by atomic mass is 9.66. The van der Waals surface area contributed by atoms with E-state index in [4.69, 9.17) is 16.3 Å². The lowest BCUT2D eigenvalue weighted by Crippen LogP contribution is -2.42. The highest BCUT2D eigenvalue weighted by molar-refractivity contribution is 7.90. The van der Waals surface area contributed by atoms with E-state index in [-0.39, 0.29) is 24.0 Å². The van der Waals surface area contributed by atoms with Crippen LogP contribution < -0.4 is 14.4 Å². The fourth-order valence-corrected chi connectivity index (χ4v) is 7.81. The summed E-state index contributed by atoms with van der Waals surface area (Å²) in [7, 11) is -3.90. The molecule has 5 rings (SSSR count). The minimum atomic E-state index is -3.90. The van der Waals surface area contributed by atoms with Gasteiger partial charge in [0.15, 0.2) is 0 Å². The van der Waals surface area contributed by atoms with Gasteiger partial charge in [0.2, 0.25) is 10.0 Å². The van der Waals surface area contributed by atoms with Gasteiger partial charge in [-0.3, -0.25) is 4.79 Å². The van der Waals surface area contributed by atoms with Crippen molar-refractivity contribution in [1.82, 2.24) is 4.72 Å². The Balaban J connectivity index is 1.55. The van der Waals surface area contributed by atoms with Crippen LogP contribution in [0, 0.1) is 23.7 Å². The average Bonchev–Trinajstić information content (AvgIpc) is 2.96. The number of rotatable bonds is 1. The first-order chi connectivity index (χ1) is 19.7. The van der Waals surface area contributed by atoms with E-state index in [0.29, 0.717) is 35.6 Å². The Morgan fingerprint density at radius 2 is 1.93 bits per heavy atom. The second-order valence-corrected chi connectivity index (χ2v) is 14.4. The Bertz CT molecular complexity index is 1390. The van der Waals surface area contributed by atoms with Crippen molar-refractivity contribution < 1.29 is 23.1 Å². The minimum absolute atomic E-state index is 0.0331. The summed E-state index contributed by atoms with van der Waals surface area (Å²) >= 11 is 6.31. The Hall–Kier alpha value is -2.55. The van der Waals surface area contributed by atoms with Crippen LogP contribution in [0.1, 0.15) is 67.4 Å². The minimum Gasteiger partial charge on any atom is -0.487 e. The van der Waals surface area contributed by atoms with Crippen LogP contribution in [-0.4, -0.2) is 44.4 Å². The summed E-state index contributed by atoms with van der Waals surface area (Å²) in [6.45, 7) is 5.50. The summed E-state index contributed by atoms with van der Waals surface area (Å²) in [4.78, 5) is 15.6. The molecular formula is C32H41ClN2O5S. The van der Waals surface area contributed by atoms with Crippen molar-refractivity contribution in [1.29, 1.82) is 0 Å². The lowest BCUT2D eigenvalue weighted by molar-refractivity contribution is 0.0901. The standard InChI is InChI=1S/C32H41ClN2O5S/c1-21-6-5-8-26(19-36)29-13-10-25(29)18-35-15-4-3-7-23-16-28(33)12-9-27(23)20-40-31-14-11-24(17-30(31)35)32(37)34-41(38,39)22(21)2/h5,8-9,11-12,14,16-17,21-22,25-26,29,36H,3-4,6-7,10,13,15,18-20H2,1-2H3,(H,34,37)/b8-5+/t21-,22+,25?,26+,29?/m0/s1. The number of ether oxygens (including phenoxy) is 1. The SMILES string of the molecule is C[C@@H]1[C@@H](C)C/C=C/[C@H](CO)C2CCC2CN2CCCCc3cc(Cl)ccc3COc3ccc(cc32)C(=O)NS1(=O)=O. The van der Waals surface area contributed by atoms with Crippen LogP contribution in [-0.2, 0) is 23.1 Å². The molecule has 3 aliphatic rings. The predicted molar refractivity (Wildman–Crippen MR) is 163 cm³/mol. The number of carbonyl (C=O) groups excluding carboxylic acids is 1. The molecular weight excluding hydrogens is 560 g/mol. The third kappa shape index (κ3) is 6.76. The number of allylic oxidation sites excluding steroid dienone is 1. The van der Waals surface area contributed by atoms with Crippen molar-refractivity contribution in [3.63, 3.8) is 0 Å². The molecule has 2 N–H and O–H groups in total. The molecule has 1 amide bonds. The fourth-order valence-electron chi connectivity index (χ4n) is 6.33. The van der Waals surface area contributed by atoms with Crippen LogP contribution in [0.5, 0.6) is 5.75 Å². The number of carbonyl (C=O) groups is 1. The van der Waals surface area contributed by atoms with Crippen LogP contribution in [0.2, 0.25) is 5.02 Å². The highest BCUT2D eigenvalue weighted by Crippen LogP contribution is 2.43. The molecule has 2 heterocycles. The number of nitrogens with zero attached hydrogens (tertiary/aromatic N) is 1. The number of benzene rings is 2. The Morgan fingerprint density at radius 1 is 1.10 bits per heavy atom. The van der Waals surface area contributed by atoms with E-state index in [1.807, 2.05) is 31.2 Å². The highest BCUT2D eigenvalue weighted by Gasteiger charge is 2.37. The number of hydrogen-bond donors (Lipinski definition) is 2. The zero-order valence-corrected chi connectivity index (χ0v) is 25.5. The topological polar surface area (TPSA) is 95.9 Å². The van der Waals surface area contributed by atoms with Gasteiger partial charge >= 0.3 is 0 Å². The van der Waals surface area contributed by atoms with Gasteiger partial charge in [0.05, 0.1) is 10.9 Å². The molecule has 0 spiro atoms. The quantitative estimate of drug-likeness (QED) is 0.405. The molecule has 1 aliphatic carbocycles. The number of halogens is 1. The number of nitrogens with one attached hydrogen (secondary N) is 1. The van der Waals surface area contributed by atoms with Crippen molar-refractivity contribution in [2.45, 2.75) is 64.2 Å². The maximum atomic E-state index is 13.3. The monoisotopic (exact) mass is 600 g/mol. The number of anilines is 1. The number of aryl methyl sites for hydroxylation is 1. The van der Waals surface area contributed by atoms with Gasteiger partial charge < -0.3 is 14.7 Å². The van der Waals surface area contributed by atoms with Crippen LogP contribution in [0.3, 0.4) is 0 Å². The third-order valence-corrected chi connectivity index (χ3v) is 11.5. The molecule has 2 aromatic rings. The van der Waals surface area contributed by atoms with Gasteiger partial charge in [-0.05, 0) is 105 Å². The van der Waals surface area contributed by atoms with Gasteiger partial charge in [-0.2, -0.15) is 0 Å². The van der Waals surface area contributed by atoms with Gasteiger partial charge in [0.1, 0.15) is 12.4 Å². The molecule has 9 heteroatoms. The molecule has 0 radical (unpaired) electrons. The molecule has 2 bridgehead atoms. The number of aliphatic hydroxyl groups is 1. The molecule has 0 saturated heterocycles. The fraction of sp³-hybridized carbons (Fsp3) is 0.531. The molecule has 0 aromatic heterocycles. The summed E-state index contributed by atoms with van der Waals surface area (Å²) in [5.74, 6) is 0.602. The van der Waals surface area contributed by atoms with Crippen LogP contribution >= 0.6 is 11.6 Å². The molecule has 5 atom stereocenters. The van der Waals surface area contributed by atoms with Gasteiger partial charge in [-0.15, -0.1) is 0 Å². The average molecular weight is 601 g/mol. The van der Waals surface area contributed by atoms with E-state index in [9.17, 15) is 18.3 Å². The number of sulfonamides is 1. The zero-order valence-electron chi connectivity index (χ0n) is 23.9. The number of fused-ring (bicyclic) bond motifs is 3. The number of aliphatic hydroxyl groups excluding tert-OH is 1. The maximum Gasteiger partial charge on any atom is 0.264 e.